The van der Waals surface area contributed by atoms with E-state index in [1.54, 1.807) is 12.1 Å². The molecule has 19 heavy (non-hydrogen) atoms. The van der Waals surface area contributed by atoms with E-state index in [9.17, 15) is 15.0 Å². The highest BCUT2D eigenvalue weighted by molar-refractivity contribution is 6.32. The summed E-state index contributed by atoms with van der Waals surface area (Å²) in [7, 11) is 1.43. The lowest BCUT2D eigenvalue weighted by Gasteiger charge is -2.34. The minimum atomic E-state index is -1.10. The van der Waals surface area contributed by atoms with Crippen LogP contribution in [0.15, 0.2) is 12.1 Å². The number of carbonyl (C=O) groups is 1. The van der Waals surface area contributed by atoms with Crippen molar-refractivity contribution in [1.82, 2.24) is 0 Å². The number of carboxylic acids is 1. The number of carboxylic acid groups (broad SMARTS) is 1. The van der Waals surface area contributed by atoms with Crippen molar-refractivity contribution in [3.63, 3.8) is 0 Å². The molecule has 5 heteroatoms. The van der Waals surface area contributed by atoms with Crippen LogP contribution in [-0.4, -0.2) is 23.3 Å². The molecule has 104 valence electrons. The van der Waals surface area contributed by atoms with Crippen LogP contribution in [0.25, 0.3) is 0 Å². The number of benzene rings is 1. The number of ether oxygens (including phenoxy) is 1. The van der Waals surface area contributed by atoms with Crippen molar-refractivity contribution in [3.8, 4) is 11.5 Å². The predicted octanol–water partition coefficient (Wildman–Crippen LogP) is 3.34. The molecule has 1 aliphatic rings. The van der Waals surface area contributed by atoms with Gasteiger partial charge in [-0.15, -0.1) is 0 Å². The van der Waals surface area contributed by atoms with E-state index >= 15 is 0 Å². The van der Waals surface area contributed by atoms with Gasteiger partial charge in [0.05, 0.1) is 12.5 Å². The standard InChI is InChI=1S/C14H17ClO4/c1-19-10-6-5-9(15)11(12(10)16)14(13(17)18)7-3-2-4-8-14/h5-6,16H,2-4,7-8H2,1H3,(H,17,18). The average molecular weight is 285 g/mol. The molecule has 0 radical (unpaired) electrons. The van der Waals surface area contributed by atoms with Gasteiger partial charge in [0, 0.05) is 10.6 Å². The maximum Gasteiger partial charge on any atom is 0.314 e. The minimum absolute atomic E-state index is 0.153. The Morgan fingerprint density at radius 2 is 1.95 bits per heavy atom. The monoisotopic (exact) mass is 284 g/mol. The van der Waals surface area contributed by atoms with Gasteiger partial charge in [-0.3, -0.25) is 4.79 Å². The van der Waals surface area contributed by atoms with Crippen LogP contribution in [0.1, 0.15) is 37.7 Å². The molecule has 0 aromatic heterocycles. The molecule has 0 unspecified atom stereocenters. The normalized spacial score (nSPS) is 18.0. The molecule has 0 heterocycles. The molecule has 1 aromatic carbocycles. The second-order valence-electron chi connectivity index (χ2n) is 4.92. The third-order valence-electron chi connectivity index (χ3n) is 3.91. The Kier molecular flexibility index (Phi) is 3.90. The van der Waals surface area contributed by atoms with E-state index in [0.29, 0.717) is 18.4 Å². The van der Waals surface area contributed by atoms with Crippen LogP contribution in [0.5, 0.6) is 11.5 Å². The summed E-state index contributed by atoms with van der Waals surface area (Å²) in [5, 5.41) is 20.2. The van der Waals surface area contributed by atoms with Crippen molar-refractivity contribution < 1.29 is 19.7 Å². The van der Waals surface area contributed by atoms with Crippen LogP contribution in [0.4, 0.5) is 0 Å². The molecule has 1 aliphatic carbocycles. The maximum atomic E-state index is 11.8. The van der Waals surface area contributed by atoms with Crippen LogP contribution in [0.3, 0.4) is 0 Å². The molecular formula is C14H17ClO4. The number of phenolic OH excluding ortho intramolecular Hbond substituents is 1. The first-order valence-corrected chi connectivity index (χ1v) is 6.70. The fourth-order valence-electron chi connectivity index (χ4n) is 2.89. The van der Waals surface area contributed by atoms with Gasteiger partial charge in [0.25, 0.3) is 0 Å². The molecule has 1 fully saturated rings. The molecule has 0 amide bonds. The Balaban J connectivity index is 2.62. The SMILES string of the molecule is COc1ccc(Cl)c(C2(C(=O)O)CCCCC2)c1O. The Labute approximate surface area is 117 Å². The van der Waals surface area contributed by atoms with E-state index in [2.05, 4.69) is 0 Å². The van der Waals surface area contributed by atoms with Gasteiger partial charge < -0.3 is 14.9 Å². The van der Waals surface area contributed by atoms with Crippen molar-refractivity contribution in [2.75, 3.05) is 7.11 Å². The van der Waals surface area contributed by atoms with Crippen molar-refractivity contribution in [1.29, 1.82) is 0 Å². The molecule has 0 spiro atoms. The summed E-state index contributed by atoms with van der Waals surface area (Å²) >= 11 is 6.15. The Bertz CT molecular complexity index is 492. The van der Waals surface area contributed by atoms with E-state index in [1.807, 2.05) is 0 Å². The minimum Gasteiger partial charge on any atom is -0.504 e. The highest BCUT2D eigenvalue weighted by Gasteiger charge is 2.45. The van der Waals surface area contributed by atoms with E-state index in [1.165, 1.54) is 7.11 Å². The molecule has 0 atom stereocenters. The molecule has 0 bridgehead atoms. The second kappa shape index (κ2) is 5.29. The van der Waals surface area contributed by atoms with Gasteiger partial charge in [-0.05, 0) is 25.0 Å². The lowest BCUT2D eigenvalue weighted by Crippen LogP contribution is -2.38. The molecule has 1 saturated carbocycles. The summed E-state index contributed by atoms with van der Waals surface area (Å²) < 4.78 is 5.05. The summed E-state index contributed by atoms with van der Waals surface area (Å²) in [4.78, 5) is 11.8. The van der Waals surface area contributed by atoms with Crippen LogP contribution in [0, 0.1) is 0 Å². The largest absolute Gasteiger partial charge is 0.504 e. The van der Waals surface area contributed by atoms with Gasteiger partial charge in [0.15, 0.2) is 11.5 Å². The number of aliphatic carboxylic acids is 1. The summed E-state index contributed by atoms with van der Waals surface area (Å²) in [6.45, 7) is 0. The molecule has 0 saturated heterocycles. The van der Waals surface area contributed by atoms with E-state index < -0.39 is 11.4 Å². The third kappa shape index (κ3) is 2.25. The van der Waals surface area contributed by atoms with Gasteiger partial charge in [-0.25, -0.2) is 0 Å². The molecular weight excluding hydrogens is 268 g/mol. The summed E-state index contributed by atoms with van der Waals surface area (Å²) in [5.41, 5.74) is -0.811. The zero-order chi connectivity index (χ0) is 14.0. The number of methoxy groups -OCH3 is 1. The van der Waals surface area contributed by atoms with Gasteiger partial charge in [0.1, 0.15) is 0 Å². The molecule has 2 N–H and O–H groups in total. The number of rotatable bonds is 3. The zero-order valence-corrected chi connectivity index (χ0v) is 11.5. The lowest BCUT2D eigenvalue weighted by atomic mass is 9.69. The fraction of sp³-hybridized carbons (Fsp3) is 0.500. The smallest absolute Gasteiger partial charge is 0.314 e. The second-order valence-corrected chi connectivity index (χ2v) is 5.33. The van der Waals surface area contributed by atoms with Crippen LogP contribution < -0.4 is 4.74 Å². The van der Waals surface area contributed by atoms with E-state index in [0.717, 1.165) is 19.3 Å². The lowest BCUT2D eigenvalue weighted by molar-refractivity contribution is -0.145. The van der Waals surface area contributed by atoms with E-state index in [4.69, 9.17) is 16.3 Å². The van der Waals surface area contributed by atoms with E-state index in [-0.39, 0.29) is 16.5 Å². The molecule has 4 nitrogen and oxygen atoms in total. The highest BCUT2D eigenvalue weighted by Crippen LogP contribution is 2.49. The highest BCUT2D eigenvalue weighted by atomic mass is 35.5. The zero-order valence-electron chi connectivity index (χ0n) is 10.8. The quantitative estimate of drug-likeness (QED) is 0.893. The molecule has 2 rings (SSSR count). The van der Waals surface area contributed by atoms with Crippen molar-refractivity contribution in [2.24, 2.45) is 0 Å². The predicted molar refractivity (Wildman–Crippen MR) is 72.1 cm³/mol. The van der Waals surface area contributed by atoms with Gasteiger partial charge in [-0.2, -0.15) is 0 Å². The Morgan fingerprint density at radius 1 is 1.32 bits per heavy atom. The summed E-state index contributed by atoms with van der Waals surface area (Å²) in [6, 6.07) is 3.12. The number of phenols is 1. The van der Waals surface area contributed by atoms with Crippen LogP contribution in [0.2, 0.25) is 5.02 Å². The first kappa shape index (κ1) is 14.0. The van der Waals surface area contributed by atoms with Gasteiger partial charge in [0.2, 0.25) is 0 Å². The number of aromatic hydroxyl groups is 1. The number of halogens is 1. The number of hydrogen-bond donors (Lipinski definition) is 2. The van der Waals surface area contributed by atoms with Crippen LogP contribution >= 0.6 is 11.6 Å². The third-order valence-corrected chi connectivity index (χ3v) is 4.22. The molecule has 1 aromatic rings. The van der Waals surface area contributed by atoms with Crippen molar-refractivity contribution in [2.45, 2.75) is 37.5 Å². The first-order chi connectivity index (χ1) is 9.03. The van der Waals surface area contributed by atoms with Gasteiger partial charge in [-0.1, -0.05) is 30.9 Å². The first-order valence-electron chi connectivity index (χ1n) is 6.32. The fourth-order valence-corrected chi connectivity index (χ4v) is 3.23. The summed E-state index contributed by atoms with van der Waals surface area (Å²) in [6.07, 6.45) is 3.63. The van der Waals surface area contributed by atoms with Crippen molar-refractivity contribution >= 4 is 17.6 Å². The van der Waals surface area contributed by atoms with Crippen LogP contribution in [-0.2, 0) is 10.2 Å². The molecule has 0 aliphatic heterocycles. The van der Waals surface area contributed by atoms with Gasteiger partial charge >= 0.3 is 5.97 Å². The average Bonchev–Trinajstić information content (AvgIpc) is 2.40. The maximum absolute atomic E-state index is 11.8. The topological polar surface area (TPSA) is 66.8 Å². The Hall–Kier alpha value is -1.42. The Morgan fingerprint density at radius 3 is 2.47 bits per heavy atom. The summed E-state index contributed by atoms with van der Waals surface area (Å²) in [5.74, 6) is -0.831. The van der Waals surface area contributed by atoms with Crippen molar-refractivity contribution in [3.05, 3.63) is 22.7 Å². The number of hydrogen-bond acceptors (Lipinski definition) is 3.